The first-order chi connectivity index (χ1) is 12.2. The van der Waals surface area contributed by atoms with Gasteiger partial charge in [-0.1, -0.05) is 63.6 Å². The molecule has 3 rings (SSSR count). The molecule has 2 aromatic rings. The number of aliphatic carboxylic acids is 1. The fourth-order valence-electron chi connectivity index (χ4n) is 4.11. The summed E-state index contributed by atoms with van der Waals surface area (Å²) in [7, 11) is 0. The van der Waals surface area contributed by atoms with Crippen molar-refractivity contribution >= 4 is 16.9 Å². The monoisotopic (exact) mass is 342 g/mol. The molecule has 0 bridgehead atoms. The minimum Gasteiger partial charge on any atom is -0.544 e. The molecule has 136 valence electrons. The quantitative estimate of drug-likeness (QED) is 0.710. The molecule has 1 aliphatic heterocycles. The number of fused-ring (bicyclic) bond motifs is 3. The van der Waals surface area contributed by atoms with Crippen LogP contribution in [0.2, 0.25) is 0 Å². The van der Waals surface area contributed by atoms with Gasteiger partial charge in [0.25, 0.3) is 0 Å². The number of carbonyl (C=O) groups is 1. The first-order valence-electron chi connectivity index (χ1n) is 9.85. The van der Waals surface area contributed by atoms with Gasteiger partial charge in [-0.05, 0) is 18.1 Å². The van der Waals surface area contributed by atoms with Crippen LogP contribution >= 0.6 is 0 Å². The number of hydrogen-bond donors (Lipinski definition) is 1. The third-order valence-electron chi connectivity index (χ3n) is 5.50. The molecule has 0 amide bonds. The van der Waals surface area contributed by atoms with Crippen molar-refractivity contribution in [3.05, 3.63) is 35.5 Å². The Morgan fingerprint density at radius 1 is 1.16 bits per heavy atom. The van der Waals surface area contributed by atoms with E-state index in [9.17, 15) is 9.90 Å². The van der Waals surface area contributed by atoms with Gasteiger partial charge in [0, 0.05) is 23.9 Å². The molecule has 0 radical (unpaired) electrons. The van der Waals surface area contributed by atoms with Crippen LogP contribution < -0.4 is 10.4 Å². The van der Waals surface area contributed by atoms with E-state index >= 15 is 0 Å². The van der Waals surface area contributed by atoms with E-state index in [1.807, 2.05) is 11.4 Å². The molecule has 0 saturated carbocycles. The zero-order valence-corrected chi connectivity index (χ0v) is 15.3. The van der Waals surface area contributed by atoms with Crippen molar-refractivity contribution in [2.75, 3.05) is 0 Å². The van der Waals surface area contributed by atoms with Gasteiger partial charge in [0.15, 0.2) is 0 Å². The number of para-hydroxylation sites is 1. The third-order valence-corrected chi connectivity index (χ3v) is 5.50. The number of carboxylic acid groups (broad SMARTS) is 1. The summed E-state index contributed by atoms with van der Waals surface area (Å²) in [4.78, 5) is 11.3. The van der Waals surface area contributed by atoms with Gasteiger partial charge in [0.05, 0.1) is 11.7 Å². The average molecular weight is 342 g/mol. The molecule has 0 unspecified atom stereocenters. The van der Waals surface area contributed by atoms with Crippen LogP contribution in [0.4, 0.5) is 0 Å². The molecule has 25 heavy (non-hydrogen) atoms. The SMILES string of the molecule is CCCCCCCCCn1c2c(c3ccccc31)C[C@@H](C(=O)[O-])[NH2+]C2. The second-order valence-corrected chi connectivity index (χ2v) is 7.28. The van der Waals surface area contributed by atoms with E-state index in [0.717, 1.165) is 13.1 Å². The molecule has 0 fully saturated rings. The number of rotatable bonds is 9. The summed E-state index contributed by atoms with van der Waals surface area (Å²) in [5, 5.41) is 14.4. The maximum atomic E-state index is 11.3. The third kappa shape index (κ3) is 4.06. The molecule has 4 nitrogen and oxygen atoms in total. The zero-order valence-electron chi connectivity index (χ0n) is 15.3. The summed E-state index contributed by atoms with van der Waals surface area (Å²) in [6.45, 7) is 4.02. The normalized spacial score (nSPS) is 16.9. The highest BCUT2D eigenvalue weighted by atomic mass is 16.4. The van der Waals surface area contributed by atoms with E-state index in [-0.39, 0.29) is 0 Å². The Morgan fingerprint density at radius 3 is 2.64 bits per heavy atom. The van der Waals surface area contributed by atoms with Crippen molar-refractivity contribution in [2.24, 2.45) is 0 Å². The standard InChI is InChI=1S/C21H30N2O2/c1-2-3-4-5-6-7-10-13-23-19-12-9-8-11-16(19)17-14-18(21(24)25)22-15-20(17)23/h8-9,11-12,18,22H,2-7,10,13-15H2,1H3,(H,24,25)/t18-/m0/s1. The Morgan fingerprint density at radius 2 is 1.88 bits per heavy atom. The molecule has 1 aromatic carbocycles. The highest BCUT2D eigenvalue weighted by Crippen LogP contribution is 2.29. The maximum Gasteiger partial charge on any atom is 0.130 e. The maximum absolute atomic E-state index is 11.3. The number of carbonyl (C=O) groups excluding carboxylic acids is 1. The Kier molecular flexibility index (Phi) is 6.14. The molecular weight excluding hydrogens is 312 g/mol. The Hall–Kier alpha value is -1.81. The van der Waals surface area contributed by atoms with E-state index < -0.39 is 12.0 Å². The first-order valence-corrected chi connectivity index (χ1v) is 9.85. The largest absolute Gasteiger partial charge is 0.544 e. The number of nitrogens with zero attached hydrogens (tertiary/aromatic N) is 1. The van der Waals surface area contributed by atoms with Crippen LogP contribution in [0.15, 0.2) is 24.3 Å². The molecule has 2 heterocycles. The van der Waals surface area contributed by atoms with Crippen LogP contribution in [0.1, 0.15) is 63.1 Å². The Balaban J connectivity index is 1.70. The predicted octanol–water partition coefficient (Wildman–Crippen LogP) is 2.13. The van der Waals surface area contributed by atoms with E-state index in [2.05, 4.69) is 29.7 Å². The van der Waals surface area contributed by atoms with Gasteiger partial charge in [0.1, 0.15) is 12.6 Å². The zero-order chi connectivity index (χ0) is 17.6. The van der Waals surface area contributed by atoms with Crippen LogP contribution in [-0.2, 0) is 24.3 Å². The summed E-state index contributed by atoms with van der Waals surface area (Å²) in [6, 6.07) is 7.98. The second kappa shape index (κ2) is 8.52. The number of hydrogen-bond acceptors (Lipinski definition) is 2. The van der Waals surface area contributed by atoms with Crippen LogP contribution in [0.3, 0.4) is 0 Å². The average Bonchev–Trinajstić information content (AvgIpc) is 2.94. The first kappa shape index (κ1) is 18.0. The Labute approximate surface area is 150 Å². The van der Waals surface area contributed by atoms with Crippen LogP contribution in [0, 0.1) is 0 Å². The van der Waals surface area contributed by atoms with E-state index in [4.69, 9.17) is 0 Å². The van der Waals surface area contributed by atoms with Crippen LogP contribution in [0.25, 0.3) is 10.9 Å². The van der Waals surface area contributed by atoms with Crippen molar-refractivity contribution in [3.8, 4) is 0 Å². The number of aryl methyl sites for hydroxylation is 1. The number of aromatic nitrogens is 1. The van der Waals surface area contributed by atoms with E-state index in [1.165, 1.54) is 67.1 Å². The minimum absolute atomic E-state index is 0.453. The van der Waals surface area contributed by atoms with Crippen molar-refractivity contribution in [2.45, 2.75) is 77.4 Å². The van der Waals surface area contributed by atoms with Gasteiger partial charge in [-0.25, -0.2) is 0 Å². The lowest BCUT2D eigenvalue weighted by molar-refractivity contribution is -0.702. The number of benzene rings is 1. The lowest BCUT2D eigenvalue weighted by atomic mass is 9.98. The van der Waals surface area contributed by atoms with E-state index in [0.29, 0.717) is 6.42 Å². The summed E-state index contributed by atoms with van der Waals surface area (Å²) in [5.74, 6) is -0.949. The molecular formula is C21H30N2O2. The fourth-order valence-corrected chi connectivity index (χ4v) is 4.11. The van der Waals surface area contributed by atoms with Crippen LogP contribution in [0.5, 0.6) is 0 Å². The Bertz CT molecular complexity index is 720. The number of carboxylic acids is 1. The van der Waals surface area contributed by atoms with Crippen molar-refractivity contribution in [1.82, 2.24) is 4.57 Å². The molecule has 4 heteroatoms. The van der Waals surface area contributed by atoms with Crippen molar-refractivity contribution in [3.63, 3.8) is 0 Å². The van der Waals surface area contributed by atoms with Gasteiger partial charge in [0.2, 0.25) is 0 Å². The summed E-state index contributed by atoms with van der Waals surface area (Å²) in [5.41, 5.74) is 3.78. The van der Waals surface area contributed by atoms with Crippen LogP contribution in [-0.4, -0.2) is 16.6 Å². The second-order valence-electron chi connectivity index (χ2n) is 7.28. The highest BCUT2D eigenvalue weighted by molar-refractivity contribution is 5.86. The lowest BCUT2D eigenvalue weighted by Crippen LogP contribution is -2.93. The van der Waals surface area contributed by atoms with Gasteiger partial charge < -0.3 is 19.8 Å². The van der Waals surface area contributed by atoms with Gasteiger partial charge in [-0.15, -0.1) is 0 Å². The lowest BCUT2D eigenvalue weighted by Gasteiger charge is -2.23. The topological polar surface area (TPSA) is 61.7 Å². The van der Waals surface area contributed by atoms with E-state index in [1.54, 1.807) is 0 Å². The molecule has 2 N–H and O–H groups in total. The molecule has 0 aliphatic carbocycles. The number of unbranched alkanes of at least 4 members (excludes halogenated alkanes) is 6. The summed E-state index contributed by atoms with van der Waals surface area (Å²) < 4.78 is 2.43. The highest BCUT2D eigenvalue weighted by Gasteiger charge is 2.28. The summed E-state index contributed by atoms with van der Waals surface area (Å²) >= 11 is 0. The van der Waals surface area contributed by atoms with Gasteiger partial charge in [-0.2, -0.15) is 0 Å². The minimum atomic E-state index is -0.949. The van der Waals surface area contributed by atoms with Gasteiger partial charge in [-0.3, -0.25) is 0 Å². The fraction of sp³-hybridized carbons (Fsp3) is 0.571. The number of quaternary nitrogens is 1. The molecule has 1 atom stereocenters. The van der Waals surface area contributed by atoms with Crippen molar-refractivity contribution < 1.29 is 15.2 Å². The molecule has 1 aliphatic rings. The molecule has 0 saturated heterocycles. The smallest absolute Gasteiger partial charge is 0.130 e. The van der Waals surface area contributed by atoms with Gasteiger partial charge >= 0.3 is 0 Å². The predicted molar refractivity (Wildman–Crippen MR) is 98.1 cm³/mol. The molecule has 0 spiro atoms. The summed E-state index contributed by atoms with van der Waals surface area (Å²) in [6.07, 6.45) is 9.72. The number of nitrogens with two attached hydrogens (primary N) is 1. The molecule has 1 aromatic heterocycles. The van der Waals surface area contributed by atoms with Crippen molar-refractivity contribution in [1.29, 1.82) is 0 Å².